The van der Waals surface area contributed by atoms with Crippen molar-refractivity contribution < 1.29 is 18.7 Å². The van der Waals surface area contributed by atoms with Gasteiger partial charge in [0.15, 0.2) is 5.69 Å². The maximum atomic E-state index is 13.1. The molecule has 5 nitrogen and oxygen atoms in total. The van der Waals surface area contributed by atoms with Crippen LogP contribution in [0.4, 0.5) is 8.78 Å². The third-order valence-electron chi connectivity index (χ3n) is 3.90. The fourth-order valence-corrected chi connectivity index (χ4v) is 2.78. The molecule has 7 heteroatoms. The monoisotopic (exact) mass is 315 g/mol. The van der Waals surface area contributed by atoms with Crippen molar-refractivity contribution in [3.63, 3.8) is 0 Å². The highest BCUT2D eigenvalue weighted by Crippen LogP contribution is 2.29. The van der Waals surface area contributed by atoms with Crippen molar-refractivity contribution in [1.29, 1.82) is 0 Å². The van der Waals surface area contributed by atoms with E-state index < -0.39 is 17.9 Å². The molecule has 1 heterocycles. The van der Waals surface area contributed by atoms with Crippen LogP contribution in [0.25, 0.3) is 0 Å². The van der Waals surface area contributed by atoms with E-state index in [2.05, 4.69) is 10.4 Å². The Morgan fingerprint density at radius 1 is 1.45 bits per heavy atom. The molecule has 124 valence electrons. The standard InChI is InChI=1S/C15H23F2N3O2/c1-10(2)7-20-8-11(13(16)17)12(19-20)14(21)18-9-15(22)5-3-4-6-15/h8,10,13,22H,3-7,9H2,1-2H3,(H,18,21). The lowest BCUT2D eigenvalue weighted by atomic mass is 10.0. The number of amides is 1. The van der Waals surface area contributed by atoms with Crippen LogP contribution in [0.15, 0.2) is 6.20 Å². The Balaban J connectivity index is 2.08. The Bertz CT molecular complexity index is 523. The highest BCUT2D eigenvalue weighted by molar-refractivity contribution is 5.93. The molecule has 1 aromatic heterocycles. The summed E-state index contributed by atoms with van der Waals surface area (Å²) in [6, 6.07) is 0. The second-order valence-corrected chi connectivity index (χ2v) is 6.46. The number of alkyl halides is 2. The highest BCUT2D eigenvalue weighted by Gasteiger charge is 2.32. The van der Waals surface area contributed by atoms with E-state index in [1.165, 1.54) is 10.9 Å². The first-order chi connectivity index (χ1) is 10.3. The smallest absolute Gasteiger partial charge is 0.272 e. The molecule has 1 saturated carbocycles. The normalized spacial score (nSPS) is 17.4. The van der Waals surface area contributed by atoms with Crippen LogP contribution >= 0.6 is 0 Å². The topological polar surface area (TPSA) is 67.2 Å². The molecule has 0 bridgehead atoms. The molecule has 0 radical (unpaired) electrons. The van der Waals surface area contributed by atoms with Crippen LogP contribution in [0.5, 0.6) is 0 Å². The van der Waals surface area contributed by atoms with Gasteiger partial charge in [-0.1, -0.05) is 26.7 Å². The zero-order valence-corrected chi connectivity index (χ0v) is 13.0. The van der Waals surface area contributed by atoms with Crippen molar-refractivity contribution in [2.75, 3.05) is 6.54 Å². The minimum atomic E-state index is -2.75. The number of rotatable bonds is 6. The molecule has 2 rings (SSSR count). The van der Waals surface area contributed by atoms with Gasteiger partial charge in [-0.3, -0.25) is 9.48 Å². The van der Waals surface area contributed by atoms with Crippen molar-refractivity contribution in [3.05, 3.63) is 17.5 Å². The molecule has 0 saturated heterocycles. The number of aromatic nitrogens is 2. The number of halogens is 2. The summed E-state index contributed by atoms with van der Waals surface area (Å²) in [4.78, 5) is 12.1. The van der Waals surface area contributed by atoms with Crippen LogP contribution in [-0.2, 0) is 6.54 Å². The molecule has 1 aromatic rings. The lowest BCUT2D eigenvalue weighted by Crippen LogP contribution is -2.41. The third-order valence-corrected chi connectivity index (χ3v) is 3.90. The molecule has 0 aliphatic heterocycles. The zero-order chi connectivity index (χ0) is 16.3. The minimum absolute atomic E-state index is 0.0750. The summed E-state index contributed by atoms with van der Waals surface area (Å²) in [7, 11) is 0. The van der Waals surface area contributed by atoms with Crippen LogP contribution < -0.4 is 5.32 Å². The van der Waals surface area contributed by atoms with E-state index in [1.54, 1.807) is 0 Å². The molecule has 0 aromatic carbocycles. The van der Waals surface area contributed by atoms with Crippen molar-refractivity contribution in [2.45, 2.75) is 58.1 Å². The van der Waals surface area contributed by atoms with Crippen molar-refractivity contribution in [1.82, 2.24) is 15.1 Å². The van der Waals surface area contributed by atoms with Gasteiger partial charge in [-0.25, -0.2) is 8.78 Å². The first kappa shape index (κ1) is 16.9. The molecule has 1 fully saturated rings. The number of hydrogen-bond acceptors (Lipinski definition) is 3. The van der Waals surface area contributed by atoms with Crippen molar-refractivity contribution in [3.8, 4) is 0 Å². The summed E-state index contributed by atoms with van der Waals surface area (Å²) in [6.07, 6.45) is 1.54. The molecule has 0 spiro atoms. The van der Waals surface area contributed by atoms with Gasteiger partial charge in [-0.2, -0.15) is 5.10 Å². The summed E-state index contributed by atoms with van der Waals surface area (Å²) in [6.45, 7) is 4.43. The van der Waals surface area contributed by atoms with Crippen LogP contribution in [0.3, 0.4) is 0 Å². The van der Waals surface area contributed by atoms with Crippen LogP contribution in [0, 0.1) is 5.92 Å². The predicted molar refractivity (Wildman–Crippen MR) is 77.8 cm³/mol. The summed E-state index contributed by atoms with van der Waals surface area (Å²) in [5.41, 5.74) is -1.53. The highest BCUT2D eigenvalue weighted by atomic mass is 19.3. The molecule has 0 atom stereocenters. The van der Waals surface area contributed by atoms with E-state index in [0.29, 0.717) is 19.4 Å². The number of hydrogen-bond donors (Lipinski definition) is 2. The molecule has 1 amide bonds. The van der Waals surface area contributed by atoms with Gasteiger partial charge in [0.1, 0.15) is 0 Å². The maximum absolute atomic E-state index is 13.1. The van der Waals surface area contributed by atoms with Gasteiger partial charge in [-0.15, -0.1) is 0 Å². The summed E-state index contributed by atoms with van der Waals surface area (Å²) >= 11 is 0. The third kappa shape index (κ3) is 4.03. The average Bonchev–Trinajstić information content (AvgIpc) is 3.03. The van der Waals surface area contributed by atoms with Gasteiger partial charge in [0.2, 0.25) is 0 Å². The van der Waals surface area contributed by atoms with E-state index in [4.69, 9.17) is 0 Å². The van der Waals surface area contributed by atoms with Gasteiger partial charge in [0.05, 0.1) is 11.2 Å². The predicted octanol–water partition coefficient (Wildman–Crippen LogP) is 2.51. The van der Waals surface area contributed by atoms with E-state index >= 15 is 0 Å². The van der Waals surface area contributed by atoms with Crippen molar-refractivity contribution >= 4 is 5.91 Å². The van der Waals surface area contributed by atoms with Crippen LogP contribution in [0.2, 0.25) is 0 Å². The number of aliphatic hydroxyl groups is 1. The van der Waals surface area contributed by atoms with Gasteiger partial charge in [0.25, 0.3) is 12.3 Å². The minimum Gasteiger partial charge on any atom is -0.388 e. The largest absolute Gasteiger partial charge is 0.388 e. The van der Waals surface area contributed by atoms with E-state index in [-0.39, 0.29) is 23.7 Å². The van der Waals surface area contributed by atoms with Crippen molar-refractivity contribution in [2.24, 2.45) is 5.92 Å². The van der Waals surface area contributed by atoms with Crippen LogP contribution in [0.1, 0.15) is 62.0 Å². The first-order valence-electron chi connectivity index (χ1n) is 7.67. The SMILES string of the molecule is CC(C)Cn1cc(C(F)F)c(C(=O)NCC2(O)CCCC2)n1. The van der Waals surface area contributed by atoms with E-state index in [9.17, 15) is 18.7 Å². The molecular formula is C15H23F2N3O2. The van der Waals surface area contributed by atoms with E-state index in [1.807, 2.05) is 13.8 Å². The Hall–Kier alpha value is -1.50. The molecule has 2 N–H and O–H groups in total. The zero-order valence-electron chi connectivity index (χ0n) is 13.0. The number of nitrogens with one attached hydrogen (secondary N) is 1. The number of carbonyl (C=O) groups is 1. The second-order valence-electron chi connectivity index (χ2n) is 6.46. The number of carbonyl (C=O) groups excluding carboxylic acids is 1. The van der Waals surface area contributed by atoms with Gasteiger partial charge < -0.3 is 10.4 Å². The number of nitrogens with zero attached hydrogens (tertiary/aromatic N) is 2. The second kappa shape index (κ2) is 6.73. The molecule has 1 aliphatic rings. The Morgan fingerprint density at radius 2 is 2.09 bits per heavy atom. The fraction of sp³-hybridized carbons (Fsp3) is 0.733. The summed E-state index contributed by atoms with van der Waals surface area (Å²) < 4.78 is 27.5. The Labute approximate surface area is 128 Å². The van der Waals surface area contributed by atoms with E-state index in [0.717, 1.165) is 12.8 Å². The molecule has 0 unspecified atom stereocenters. The molecule has 1 aliphatic carbocycles. The Morgan fingerprint density at radius 3 is 2.64 bits per heavy atom. The lowest BCUT2D eigenvalue weighted by Gasteiger charge is -2.22. The molecular weight excluding hydrogens is 292 g/mol. The lowest BCUT2D eigenvalue weighted by molar-refractivity contribution is 0.0447. The van der Waals surface area contributed by atoms with Crippen LogP contribution in [-0.4, -0.2) is 32.9 Å². The summed E-state index contributed by atoms with van der Waals surface area (Å²) in [5, 5.41) is 16.7. The summed E-state index contributed by atoms with van der Waals surface area (Å²) in [5.74, 6) is -0.418. The van der Waals surface area contributed by atoms with Gasteiger partial charge in [0, 0.05) is 19.3 Å². The van der Waals surface area contributed by atoms with Gasteiger partial charge >= 0.3 is 0 Å². The maximum Gasteiger partial charge on any atom is 0.272 e. The quantitative estimate of drug-likeness (QED) is 0.847. The molecule has 22 heavy (non-hydrogen) atoms. The fourth-order valence-electron chi connectivity index (χ4n) is 2.78. The first-order valence-corrected chi connectivity index (χ1v) is 7.67. The Kier molecular flexibility index (Phi) is 5.16. The van der Waals surface area contributed by atoms with Gasteiger partial charge in [-0.05, 0) is 18.8 Å². The average molecular weight is 315 g/mol.